The molecule has 1 unspecified atom stereocenters. The van der Waals surface area contributed by atoms with Crippen molar-refractivity contribution in [2.24, 2.45) is 0 Å². The van der Waals surface area contributed by atoms with Crippen LogP contribution >= 0.6 is 0 Å². The second-order valence-corrected chi connectivity index (χ2v) is 2.84. The lowest BCUT2D eigenvalue weighted by atomic mass is 10.1. The highest BCUT2D eigenvalue weighted by Gasteiger charge is 2.13. The first-order chi connectivity index (χ1) is 7.15. The average Bonchev–Trinajstić information content (AvgIpc) is 2.76. The van der Waals surface area contributed by atoms with E-state index < -0.39 is 12.1 Å². The predicted molar refractivity (Wildman–Crippen MR) is 54.9 cm³/mol. The number of hydrogen-bond donors (Lipinski definition) is 1. The first-order valence-corrected chi connectivity index (χ1v) is 4.32. The largest absolute Gasteiger partial charge is 0.466 e. The number of aliphatic hydroxyl groups excluding tert-OH is 1. The van der Waals surface area contributed by atoms with Crippen LogP contribution in [0.4, 0.5) is 0 Å². The van der Waals surface area contributed by atoms with Crippen molar-refractivity contribution >= 4 is 12.0 Å². The zero-order chi connectivity index (χ0) is 11.3. The number of hydrogen-bond acceptors (Lipinski definition) is 4. The molecular weight excluding hydrogens is 196 g/mol. The summed E-state index contributed by atoms with van der Waals surface area (Å²) in [7, 11) is 1.23. The summed E-state index contributed by atoms with van der Waals surface area (Å²) in [5.41, 5.74) is -0.0136. The zero-order valence-electron chi connectivity index (χ0n) is 8.34. The van der Waals surface area contributed by atoms with Crippen molar-refractivity contribution in [3.63, 3.8) is 0 Å². The maximum atomic E-state index is 11.0. The summed E-state index contributed by atoms with van der Waals surface area (Å²) >= 11 is 0. The van der Waals surface area contributed by atoms with Gasteiger partial charge in [-0.2, -0.15) is 0 Å². The smallest absolute Gasteiger partial charge is 0.336 e. The summed E-state index contributed by atoms with van der Waals surface area (Å²) in [5, 5.41) is 9.49. The number of rotatable bonds is 4. The third kappa shape index (κ3) is 3.11. The Balaban J connectivity index is 2.59. The van der Waals surface area contributed by atoms with E-state index in [2.05, 4.69) is 11.3 Å². The van der Waals surface area contributed by atoms with Crippen LogP contribution in [0, 0.1) is 0 Å². The van der Waals surface area contributed by atoms with Gasteiger partial charge in [-0.25, -0.2) is 4.79 Å². The Labute approximate surface area is 87.5 Å². The van der Waals surface area contributed by atoms with Crippen molar-refractivity contribution in [2.75, 3.05) is 7.11 Å². The van der Waals surface area contributed by atoms with Gasteiger partial charge < -0.3 is 14.3 Å². The van der Waals surface area contributed by atoms with Gasteiger partial charge in [0.25, 0.3) is 0 Å². The second-order valence-electron chi connectivity index (χ2n) is 2.84. The minimum atomic E-state index is -1.07. The minimum absolute atomic E-state index is 0.0136. The lowest BCUT2D eigenvalue weighted by molar-refractivity contribution is -0.136. The van der Waals surface area contributed by atoms with E-state index in [-0.39, 0.29) is 5.57 Å². The van der Waals surface area contributed by atoms with Gasteiger partial charge in [0.2, 0.25) is 0 Å². The molecule has 4 heteroatoms. The summed E-state index contributed by atoms with van der Waals surface area (Å²) < 4.78 is 9.42. The monoisotopic (exact) mass is 208 g/mol. The topological polar surface area (TPSA) is 59.7 Å². The first kappa shape index (κ1) is 11.3. The van der Waals surface area contributed by atoms with E-state index >= 15 is 0 Å². The molecule has 1 N–H and O–H groups in total. The van der Waals surface area contributed by atoms with Gasteiger partial charge in [0, 0.05) is 0 Å². The fraction of sp³-hybridized carbons (Fsp3) is 0.182. The molecule has 0 spiro atoms. The molecule has 0 saturated carbocycles. The molecule has 1 rings (SSSR count). The molecule has 0 bridgehead atoms. The maximum absolute atomic E-state index is 11.0. The number of carbonyl (C=O) groups excluding carboxylic acids is 1. The molecular formula is C11H12O4. The first-order valence-electron chi connectivity index (χ1n) is 4.32. The molecule has 1 aromatic heterocycles. The van der Waals surface area contributed by atoms with Crippen LogP contribution in [0.2, 0.25) is 0 Å². The fourth-order valence-corrected chi connectivity index (χ4v) is 0.940. The highest BCUT2D eigenvalue weighted by Crippen LogP contribution is 2.07. The van der Waals surface area contributed by atoms with Crippen molar-refractivity contribution in [2.45, 2.75) is 6.10 Å². The van der Waals surface area contributed by atoms with Gasteiger partial charge in [0.15, 0.2) is 0 Å². The Kier molecular flexibility index (Phi) is 3.88. The van der Waals surface area contributed by atoms with E-state index in [0.29, 0.717) is 5.76 Å². The summed E-state index contributed by atoms with van der Waals surface area (Å²) in [6.45, 7) is 3.42. The lowest BCUT2D eigenvalue weighted by Gasteiger charge is -2.06. The number of esters is 1. The number of aliphatic hydroxyl groups is 1. The van der Waals surface area contributed by atoms with Gasteiger partial charge in [0.1, 0.15) is 11.9 Å². The number of methoxy groups -OCH3 is 1. The van der Waals surface area contributed by atoms with Gasteiger partial charge in [-0.1, -0.05) is 6.58 Å². The number of ether oxygens (including phenoxy) is 1. The van der Waals surface area contributed by atoms with E-state index in [0.717, 1.165) is 0 Å². The molecule has 0 radical (unpaired) electrons. The van der Waals surface area contributed by atoms with Gasteiger partial charge >= 0.3 is 5.97 Å². The quantitative estimate of drug-likeness (QED) is 0.600. The van der Waals surface area contributed by atoms with Crippen molar-refractivity contribution in [3.05, 3.63) is 42.4 Å². The van der Waals surface area contributed by atoms with Crippen LogP contribution < -0.4 is 0 Å². The van der Waals surface area contributed by atoms with Crippen LogP contribution in [0.1, 0.15) is 5.76 Å². The molecule has 15 heavy (non-hydrogen) atoms. The Morgan fingerprint density at radius 2 is 2.47 bits per heavy atom. The molecule has 0 fully saturated rings. The van der Waals surface area contributed by atoms with E-state index in [1.54, 1.807) is 18.2 Å². The van der Waals surface area contributed by atoms with E-state index in [4.69, 9.17) is 4.42 Å². The average molecular weight is 208 g/mol. The minimum Gasteiger partial charge on any atom is -0.466 e. The molecule has 0 saturated heterocycles. The van der Waals surface area contributed by atoms with Crippen LogP contribution in [-0.4, -0.2) is 24.3 Å². The third-order valence-corrected chi connectivity index (χ3v) is 1.79. The van der Waals surface area contributed by atoms with E-state index in [1.165, 1.54) is 19.4 Å². The normalized spacial score (nSPS) is 12.7. The molecule has 0 aliphatic heterocycles. The van der Waals surface area contributed by atoms with Crippen LogP contribution in [-0.2, 0) is 9.53 Å². The van der Waals surface area contributed by atoms with Gasteiger partial charge in [0.05, 0.1) is 18.9 Å². The van der Waals surface area contributed by atoms with Crippen LogP contribution in [0.15, 0.2) is 41.0 Å². The van der Waals surface area contributed by atoms with Crippen LogP contribution in [0.3, 0.4) is 0 Å². The molecule has 1 atom stereocenters. The molecule has 0 aromatic carbocycles. The molecule has 80 valence electrons. The van der Waals surface area contributed by atoms with Crippen molar-refractivity contribution in [1.29, 1.82) is 0 Å². The summed E-state index contributed by atoms with van der Waals surface area (Å²) in [6.07, 6.45) is 3.40. The Morgan fingerprint density at radius 3 is 3.00 bits per heavy atom. The van der Waals surface area contributed by atoms with Crippen LogP contribution in [0.25, 0.3) is 6.08 Å². The van der Waals surface area contributed by atoms with Crippen molar-refractivity contribution in [3.8, 4) is 0 Å². The molecule has 0 aliphatic rings. The zero-order valence-corrected chi connectivity index (χ0v) is 8.34. The number of carbonyl (C=O) groups is 1. The summed E-state index contributed by atoms with van der Waals surface area (Å²) in [5.74, 6) is -0.0432. The van der Waals surface area contributed by atoms with Crippen molar-refractivity contribution < 1.29 is 19.1 Å². The lowest BCUT2D eigenvalue weighted by Crippen LogP contribution is -2.15. The van der Waals surface area contributed by atoms with Crippen LogP contribution in [0.5, 0.6) is 0 Å². The molecule has 0 aliphatic carbocycles. The maximum Gasteiger partial charge on any atom is 0.336 e. The Bertz CT molecular complexity index is 362. The molecule has 4 nitrogen and oxygen atoms in total. The summed E-state index contributed by atoms with van der Waals surface area (Å²) in [4.78, 5) is 11.0. The van der Waals surface area contributed by atoms with E-state index in [1.807, 2.05) is 0 Å². The SMILES string of the molecule is C=C(C(=O)OC)C(O)/C=C/c1ccco1. The van der Waals surface area contributed by atoms with E-state index in [9.17, 15) is 9.90 Å². The standard InChI is InChI=1S/C11H12O4/c1-8(11(13)14-2)10(12)6-5-9-4-3-7-15-9/h3-7,10,12H,1H2,2H3/b6-5+. The Morgan fingerprint density at radius 1 is 1.73 bits per heavy atom. The number of furan rings is 1. The summed E-state index contributed by atoms with van der Waals surface area (Å²) in [6, 6.07) is 3.45. The molecule has 1 aromatic rings. The highest BCUT2D eigenvalue weighted by atomic mass is 16.5. The highest BCUT2D eigenvalue weighted by molar-refractivity contribution is 5.89. The van der Waals surface area contributed by atoms with Gasteiger partial charge in [-0.3, -0.25) is 0 Å². The predicted octanol–water partition coefficient (Wildman–Crippen LogP) is 1.38. The molecule has 1 heterocycles. The van der Waals surface area contributed by atoms with Crippen molar-refractivity contribution in [1.82, 2.24) is 0 Å². The van der Waals surface area contributed by atoms with Gasteiger partial charge in [-0.15, -0.1) is 0 Å². The Hall–Kier alpha value is -1.81. The molecule has 0 amide bonds. The third-order valence-electron chi connectivity index (χ3n) is 1.79. The van der Waals surface area contributed by atoms with Gasteiger partial charge in [-0.05, 0) is 24.3 Å². The fourth-order valence-electron chi connectivity index (χ4n) is 0.940. The second kappa shape index (κ2) is 5.17.